The summed E-state index contributed by atoms with van der Waals surface area (Å²) in [6, 6.07) is 5.49. The average molecular weight is 347 g/mol. The van der Waals surface area contributed by atoms with Crippen LogP contribution in [-0.4, -0.2) is 52.1 Å². The molecule has 0 atom stereocenters. The van der Waals surface area contributed by atoms with Crippen molar-refractivity contribution >= 4 is 29.2 Å². The highest BCUT2D eigenvalue weighted by Crippen LogP contribution is 2.20. The van der Waals surface area contributed by atoms with Crippen LogP contribution in [0.3, 0.4) is 0 Å². The first-order valence-electron chi connectivity index (χ1n) is 7.58. The standard InChI is InChI=1S/C17H21N3O3S/c1-5-19(10-12(2)3)14(21)11-23-16(22)15-13-8-6-7-9-20(13)17(18-15)24-4/h6-9H,2,5,10-11H2,1,3-4H3. The predicted octanol–water partition coefficient (Wildman–Crippen LogP) is 2.64. The number of fused-ring (bicyclic) bond motifs is 1. The van der Waals surface area contributed by atoms with Gasteiger partial charge < -0.3 is 9.64 Å². The van der Waals surface area contributed by atoms with E-state index in [0.29, 0.717) is 23.8 Å². The van der Waals surface area contributed by atoms with Crippen molar-refractivity contribution in [1.82, 2.24) is 14.3 Å². The van der Waals surface area contributed by atoms with Gasteiger partial charge in [0.05, 0.1) is 5.52 Å². The van der Waals surface area contributed by atoms with E-state index in [9.17, 15) is 9.59 Å². The molecule has 0 bridgehead atoms. The number of hydrogen-bond donors (Lipinski definition) is 0. The molecule has 2 rings (SSSR count). The minimum Gasteiger partial charge on any atom is -0.451 e. The molecule has 0 aliphatic heterocycles. The van der Waals surface area contributed by atoms with E-state index in [2.05, 4.69) is 11.6 Å². The Morgan fingerprint density at radius 3 is 2.79 bits per heavy atom. The Morgan fingerprint density at radius 2 is 2.17 bits per heavy atom. The monoisotopic (exact) mass is 347 g/mol. The maximum absolute atomic E-state index is 12.3. The number of ether oxygens (including phenoxy) is 1. The summed E-state index contributed by atoms with van der Waals surface area (Å²) in [7, 11) is 0. The van der Waals surface area contributed by atoms with Gasteiger partial charge in [0, 0.05) is 19.3 Å². The summed E-state index contributed by atoms with van der Waals surface area (Å²) in [5, 5.41) is 0.696. The summed E-state index contributed by atoms with van der Waals surface area (Å²) >= 11 is 1.44. The predicted molar refractivity (Wildman–Crippen MR) is 94.3 cm³/mol. The number of imidazole rings is 1. The van der Waals surface area contributed by atoms with Crippen LogP contribution in [0.5, 0.6) is 0 Å². The maximum Gasteiger partial charge on any atom is 0.359 e. The van der Waals surface area contributed by atoms with Crippen LogP contribution in [0.2, 0.25) is 0 Å². The molecule has 0 aromatic carbocycles. The number of carbonyl (C=O) groups is 2. The average Bonchev–Trinajstić information content (AvgIpc) is 2.96. The number of amides is 1. The van der Waals surface area contributed by atoms with Crippen LogP contribution < -0.4 is 0 Å². The molecule has 0 unspecified atom stereocenters. The molecule has 0 aliphatic rings. The van der Waals surface area contributed by atoms with Crippen molar-refractivity contribution in [2.45, 2.75) is 19.0 Å². The van der Waals surface area contributed by atoms with Gasteiger partial charge in [-0.1, -0.05) is 30.0 Å². The molecule has 7 heteroatoms. The van der Waals surface area contributed by atoms with Crippen LogP contribution >= 0.6 is 11.8 Å². The molecule has 0 aliphatic carbocycles. The van der Waals surface area contributed by atoms with Crippen LogP contribution in [0.4, 0.5) is 0 Å². The van der Waals surface area contributed by atoms with Crippen molar-refractivity contribution in [3.05, 3.63) is 42.2 Å². The zero-order valence-electron chi connectivity index (χ0n) is 14.1. The van der Waals surface area contributed by atoms with E-state index in [1.54, 1.807) is 11.0 Å². The number of esters is 1. The number of aromatic nitrogens is 2. The second kappa shape index (κ2) is 8.01. The van der Waals surface area contributed by atoms with Gasteiger partial charge in [-0.05, 0) is 32.2 Å². The molecule has 0 radical (unpaired) electrons. The van der Waals surface area contributed by atoms with Crippen LogP contribution in [0.1, 0.15) is 24.3 Å². The first-order valence-corrected chi connectivity index (χ1v) is 8.80. The van der Waals surface area contributed by atoms with E-state index >= 15 is 0 Å². The normalized spacial score (nSPS) is 10.6. The fraction of sp³-hybridized carbons (Fsp3) is 0.353. The topological polar surface area (TPSA) is 63.9 Å². The Balaban J connectivity index is 2.10. The van der Waals surface area contributed by atoms with Crippen LogP contribution in [0, 0.1) is 0 Å². The van der Waals surface area contributed by atoms with E-state index in [0.717, 1.165) is 5.57 Å². The van der Waals surface area contributed by atoms with Gasteiger partial charge >= 0.3 is 5.97 Å². The van der Waals surface area contributed by atoms with Crippen molar-refractivity contribution in [3.8, 4) is 0 Å². The third-order valence-corrected chi connectivity index (χ3v) is 4.07. The smallest absolute Gasteiger partial charge is 0.359 e. The van der Waals surface area contributed by atoms with Crippen LogP contribution in [0.15, 0.2) is 41.7 Å². The Kier molecular flexibility index (Phi) is 6.03. The van der Waals surface area contributed by atoms with Gasteiger partial charge in [0.2, 0.25) is 0 Å². The molecular weight excluding hydrogens is 326 g/mol. The summed E-state index contributed by atoms with van der Waals surface area (Å²) in [6.07, 6.45) is 3.72. The minimum absolute atomic E-state index is 0.218. The number of pyridine rings is 1. The van der Waals surface area contributed by atoms with Gasteiger partial charge in [-0.2, -0.15) is 0 Å². The number of carbonyl (C=O) groups excluding carboxylic acids is 2. The maximum atomic E-state index is 12.3. The third-order valence-electron chi connectivity index (χ3n) is 3.41. The number of likely N-dealkylation sites (N-methyl/N-ethyl adjacent to an activating group) is 1. The summed E-state index contributed by atoms with van der Waals surface area (Å²) in [5.74, 6) is -0.846. The molecule has 2 aromatic heterocycles. The van der Waals surface area contributed by atoms with Gasteiger partial charge in [-0.3, -0.25) is 9.20 Å². The van der Waals surface area contributed by atoms with Crippen molar-refractivity contribution in [2.24, 2.45) is 0 Å². The summed E-state index contributed by atoms with van der Waals surface area (Å²) in [6.45, 7) is 8.20. The van der Waals surface area contributed by atoms with E-state index in [-0.39, 0.29) is 18.2 Å². The molecule has 24 heavy (non-hydrogen) atoms. The zero-order valence-corrected chi connectivity index (χ0v) is 14.9. The Hall–Kier alpha value is -2.28. The van der Waals surface area contributed by atoms with Gasteiger partial charge in [-0.15, -0.1) is 0 Å². The van der Waals surface area contributed by atoms with E-state index in [4.69, 9.17) is 4.74 Å². The van der Waals surface area contributed by atoms with Gasteiger partial charge in [0.1, 0.15) is 0 Å². The SMILES string of the molecule is C=C(C)CN(CC)C(=O)COC(=O)c1nc(SC)n2ccccc12. The van der Waals surface area contributed by atoms with E-state index in [1.807, 2.05) is 42.8 Å². The quantitative estimate of drug-likeness (QED) is 0.438. The summed E-state index contributed by atoms with van der Waals surface area (Å²) < 4.78 is 7.00. The highest BCUT2D eigenvalue weighted by Gasteiger charge is 2.20. The molecule has 0 spiro atoms. The first-order chi connectivity index (χ1) is 11.5. The number of nitrogens with zero attached hydrogens (tertiary/aromatic N) is 3. The lowest BCUT2D eigenvalue weighted by molar-refractivity contribution is -0.133. The Morgan fingerprint density at radius 1 is 1.42 bits per heavy atom. The second-order valence-corrected chi connectivity index (χ2v) is 6.12. The highest BCUT2D eigenvalue weighted by molar-refractivity contribution is 7.98. The Labute approximate surface area is 145 Å². The molecule has 0 saturated carbocycles. The lowest BCUT2D eigenvalue weighted by atomic mass is 10.3. The number of hydrogen-bond acceptors (Lipinski definition) is 5. The second-order valence-electron chi connectivity index (χ2n) is 5.34. The molecule has 0 fully saturated rings. The molecule has 0 N–H and O–H groups in total. The highest BCUT2D eigenvalue weighted by atomic mass is 32.2. The molecule has 2 heterocycles. The lowest BCUT2D eigenvalue weighted by Gasteiger charge is -2.20. The van der Waals surface area contributed by atoms with E-state index < -0.39 is 5.97 Å². The molecule has 128 valence electrons. The fourth-order valence-electron chi connectivity index (χ4n) is 2.29. The first kappa shape index (κ1) is 18.1. The van der Waals surface area contributed by atoms with Crippen LogP contribution in [-0.2, 0) is 9.53 Å². The van der Waals surface area contributed by atoms with Crippen molar-refractivity contribution in [3.63, 3.8) is 0 Å². The lowest BCUT2D eigenvalue weighted by Crippen LogP contribution is -2.35. The van der Waals surface area contributed by atoms with Crippen LogP contribution in [0.25, 0.3) is 5.52 Å². The van der Waals surface area contributed by atoms with Gasteiger partial charge in [0.15, 0.2) is 17.5 Å². The molecule has 6 nitrogen and oxygen atoms in total. The van der Waals surface area contributed by atoms with Crippen molar-refractivity contribution in [2.75, 3.05) is 26.0 Å². The largest absolute Gasteiger partial charge is 0.451 e. The summed E-state index contributed by atoms with van der Waals surface area (Å²) in [4.78, 5) is 30.4. The molecular formula is C17H21N3O3S. The fourth-order valence-corrected chi connectivity index (χ4v) is 2.83. The van der Waals surface area contributed by atoms with Gasteiger partial charge in [0.25, 0.3) is 5.91 Å². The third kappa shape index (κ3) is 3.97. The van der Waals surface area contributed by atoms with Crippen molar-refractivity contribution in [1.29, 1.82) is 0 Å². The minimum atomic E-state index is -0.598. The molecule has 2 aromatic rings. The van der Waals surface area contributed by atoms with Crippen molar-refractivity contribution < 1.29 is 14.3 Å². The summed E-state index contributed by atoms with van der Waals surface area (Å²) in [5.41, 5.74) is 1.76. The number of rotatable bonds is 7. The van der Waals surface area contributed by atoms with E-state index in [1.165, 1.54) is 11.8 Å². The van der Waals surface area contributed by atoms with Gasteiger partial charge in [-0.25, -0.2) is 9.78 Å². The zero-order chi connectivity index (χ0) is 17.7. The Bertz CT molecular complexity index is 770. The number of thioether (sulfide) groups is 1. The molecule has 0 saturated heterocycles. The molecule has 1 amide bonds.